The molecule has 1 aromatic carbocycles. The second-order valence-electron chi connectivity index (χ2n) is 5.33. The predicted octanol–water partition coefficient (Wildman–Crippen LogP) is 2.04. The SMILES string of the molecule is O=C(O)C1CCCN(CCOCCc2ccccc2)C1. The zero-order chi connectivity index (χ0) is 14.2. The van der Waals surface area contributed by atoms with Crippen molar-refractivity contribution in [1.29, 1.82) is 0 Å². The maximum atomic E-state index is 11.0. The van der Waals surface area contributed by atoms with Crippen LogP contribution >= 0.6 is 0 Å². The minimum absolute atomic E-state index is 0.201. The van der Waals surface area contributed by atoms with Crippen molar-refractivity contribution in [2.24, 2.45) is 5.92 Å². The lowest BCUT2D eigenvalue weighted by Crippen LogP contribution is -2.40. The van der Waals surface area contributed by atoms with Crippen molar-refractivity contribution in [2.75, 3.05) is 32.8 Å². The fourth-order valence-electron chi connectivity index (χ4n) is 2.59. The summed E-state index contributed by atoms with van der Waals surface area (Å²) in [4.78, 5) is 13.2. The van der Waals surface area contributed by atoms with Crippen LogP contribution in [-0.2, 0) is 16.0 Å². The van der Waals surface area contributed by atoms with Crippen LogP contribution in [0.4, 0.5) is 0 Å². The number of ether oxygens (including phenoxy) is 1. The highest BCUT2D eigenvalue weighted by atomic mass is 16.5. The lowest BCUT2D eigenvalue weighted by molar-refractivity contribution is -0.143. The van der Waals surface area contributed by atoms with Crippen molar-refractivity contribution in [2.45, 2.75) is 19.3 Å². The van der Waals surface area contributed by atoms with Crippen molar-refractivity contribution in [3.05, 3.63) is 35.9 Å². The maximum absolute atomic E-state index is 11.0. The number of carboxylic acid groups (broad SMARTS) is 1. The molecule has 110 valence electrons. The quantitative estimate of drug-likeness (QED) is 0.775. The van der Waals surface area contributed by atoms with E-state index in [2.05, 4.69) is 17.0 Å². The number of benzene rings is 1. The van der Waals surface area contributed by atoms with Gasteiger partial charge in [-0.25, -0.2) is 0 Å². The first-order valence-corrected chi connectivity index (χ1v) is 7.32. The predicted molar refractivity (Wildman–Crippen MR) is 77.8 cm³/mol. The fraction of sp³-hybridized carbons (Fsp3) is 0.562. The summed E-state index contributed by atoms with van der Waals surface area (Å²) in [5.41, 5.74) is 1.29. The van der Waals surface area contributed by atoms with E-state index in [9.17, 15) is 4.79 Å². The molecule has 0 aliphatic carbocycles. The van der Waals surface area contributed by atoms with Crippen molar-refractivity contribution < 1.29 is 14.6 Å². The Morgan fingerprint density at radius 3 is 2.85 bits per heavy atom. The molecule has 0 spiro atoms. The number of rotatable bonds is 7. The third-order valence-electron chi connectivity index (χ3n) is 3.78. The van der Waals surface area contributed by atoms with E-state index in [1.54, 1.807) is 0 Å². The molecule has 20 heavy (non-hydrogen) atoms. The van der Waals surface area contributed by atoms with Crippen LogP contribution in [-0.4, -0.2) is 48.8 Å². The molecule has 4 heteroatoms. The second-order valence-corrected chi connectivity index (χ2v) is 5.33. The van der Waals surface area contributed by atoms with E-state index >= 15 is 0 Å². The van der Waals surface area contributed by atoms with Gasteiger partial charge in [-0.3, -0.25) is 4.79 Å². The molecule has 2 rings (SSSR count). The largest absolute Gasteiger partial charge is 0.481 e. The number of hydrogen-bond acceptors (Lipinski definition) is 3. The first kappa shape index (κ1) is 15.0. The molecular formula is C16H23NO3. The maximum Gasteiger partial charge on any atom is 0.307 e. The van der Waals surface area contributed by atoms with Crippen LogP contribution in [0.15, 0.2) is 30.3 Å². The second kappa shape index (κ2) is 8.02. The Bertz CT molecular complexity index is 407. The fourth-order valence-corrected chi connectivity index (χ4v) is 2.59. The summed E-state index contributed by atoms with van der Waals surface area (Å²) >= 11 is 0. The Kier molecular flexibility index (Phi) is 6.02. The highest BCUT2D eigenvalue weighted by Crippen LogP contribution is 2.16. The van der Waals surface area contributed by atoms with E-state index in [1.807, 2.05) is 18.2 Å². The summed E-state index contributed by atoms with van der Waals surface area (Å²) in [6.07, 6.45) is 2.71. The third kappa shape index (κ3) is 4.94. The lowest BCUT2D eigenvalue weighted by Gasteiger charge is -2.30. The van der Waals surface area contributed by atoms with Gasteiger partial charge in [0.15, 0.2) is 0 Å². The first-order chi connectivity index (χ1) is 9.75. The standard InChI is InChI=1S/C16H23NO3/c18-16(19)15-7-4-9-17(13-15)10-12-20-11-8-14-5-2-1-3-6-14/h1-3,5-6,15H,4,7-13H2,(H,18,19). The Morgan fingerprint density at radius 2 is 2.10 bits per heavy atom. The summed E-state index contributed by atoms with van der Waals surface area (Å²) < 4.78 is 5.65. The lowest BCUT2D eigenvalue weighted by atomic mass is 9.98. The highest BCUT2D eigenvalue weighted by Gasteiger charge is 2.24. The van der Waals surface area contributed by atoms with E-state index in [0.29, 0.717) is 13.2 Å². The number of likely N-dealkylation sites (tertiary alicyclic amines) is 1. The van der Waals surface area contributed by atoms with E-state index < -0.39 is 5.97 Å². The van der Waals surface area contributed by atoms with Crippen LogP contribution in [0.5, 0.6) is 0 Å². The molecule has 1 saturated heterocycles. The average molecular weight is 277 g/mol. The Labute approximate surface area is 120 Å². The first-order valence-electron chi connectivity index (χ1n) is 7.32. The van der Waals surface area contributed by atoms with Gasteiger partial charge in [0, 0.05) is 13.1 Å². The summed E-state index contributed by atoms with van der Waals surface area (Å²) in [5, 5.41) is 9.03. The summed E-state index contributed by atoms with van der Waals surface area (Å²) in [6, 6.07) is 10.3. The molecule has 0 bridgehead atoms. The van der Waals surface area contributed by atoms with Crippen LogP contribution in [0.1, 0.15) is 18.4 Å². The summed E-state index contributed by atoms with van der Waals surface area (Å²) in [6.45, 7) is 3.89. The molecular weight excluding hydrogens is 254 g/mol. The number of nitrogens with zero attached hydrogens (tertiary/aromatic N) is 1. The normalized spacial score (nSPS) is 19.9. The number of carboxylic acids is 1. The molecule has 0 aromatic heterocycles. The van der Waals surface area contributed by atoms with Crippen molar-refractivity contribution in [3.63, 3.8) is 0 Å². The Balaban J connectivity index is 1.58. The van der Waals surface area contributed by atoms with Gasteiger partial charge in [0.05, 0.1) is 19.1 Å². The monoisotopic (exact) mass is 277 g/mol. The van der Waals surface area contributed by atoms with Gasteiger partial charge in [0.1, 0.15) is 0 Å². The molecule has 1 aliphatic heterocycles. The van der Waals surface area contributed by atoms with Crippen molar-refractivity contribution in [3.8, 4) is 0 Å². The zero-order valence-electron chi connectivity index (χ0n) is 11.8. The van der Waals surface area contributed by atoms with E-state index in [4.69, 9.17) is 9.84 Å². The molecule has 1 aliphatic rings. The Hall–Kier alpha value is -1.39. The minimum atomic E-state index is -0.667. The van der Waals surface area contributed by atoms with Crippen LogP contribution in [0.25, 0.3) is 0 Å². The molecule has 1 atom stereocenters. The molecule has 1 aromatic rings. The minimum Gasteiger partial charge on any atom is -0.481 e. The van der Waals surface area contributed by atoms with Crippen LogP contribution in [0, 0.1) is 5.92 Å². The number of carbonyl (C=O) groups is 1. The number of hydrogen-bond donors (Lipinski definition) is 1. The van der Waals surface area contributed by atoms with Gasteiger partial charge in [-0.05, 0) is 31.4 Å². The summed E-state index contributed by atoms with van der Waals surface area (Å²) in [5.74, 6) is -0.868. The molecule has 0 saturated carbocycles. The van der Waals surface area contributed by atoms with Crippen molar-refractivity contribution >= 4 is 5.97 Å². The van der Waals surface area contributed by atoms with Gasteiger partial charge in [-0.1, -0.05) is 30.3 Å². The summed E-state index contributed by atoms with van der Waals surface area (Å²) in [7, 11) is 0. The van der Waals surface area contributed by atoms with Gasteiger partial charge in [0.2, 0.25) is 0 Å². The molecule has 1 heterocycles. The molecule has 4 nitrogen and oxygen atoms in total. The van der Waals surface area contributed by atoms with E-state index in [-0.39, 0.29) is 5.92 Å². The Morgan fingerprint density at radius 1 is 1.30 bits per heavy atom. The smallest absolute Gasteiger partial charge is 0.307 e. The number of aliphatic carboxylic acids is 1. The molecule has 0 amide bonds. The van der Waals surface area contributed by atoms with Gasteiger partial charge < -0.3 is 14.7 Å². The van der Waals surface area contributed by atoms with E-state index in [0.717, 1.165) is 39.0 Å². The van der Waals surface area contributed by atoms with Gasteiger partial charge >= 0.3 is 5.97 Å². The molecule has 1 N–H and O–H groups in total. The van der Waals surface area contributed by atoms with Crippen LogP contribution in [0.2, 0.25) is 0 Å². The van der Waals surface area contributed by atoms with Crippen LogP contribution < -0.4 is 0 Å². The molecule has 1 fully saturated rings. The topological polar surface area (TPSA) is 49.8 Å². The van der Waals surface area contributed by atoms with Gasteiger partial charge in [0.25, 0.3) is 0 Å². The van der Waals surface area contributed by atoms with Crippen LogP contribution in [0.3, 0.4) is 0 Å². The average Bonchev–Trinajstić information content (AvgIpc) is 2.48. The highest BCUT2D eigenvalue weighted by molar-refractivity contribution is 5.70. The van der Waals surface area contributed by atoms with Crippen molar-refractivity contribution in [1.82, 2.24) is 4.90 Å². The van der Waals surface area contributed by atoms with E-state index in [1.165, 1.54) is 5.56 Å². The van der Waals surface area contributed by atoms with Gasteiger partial charge in [-0.2, -0.15) is 0 Å². The molecule has 1 unspecified atom stereocenters. The third-order valence-corrected chi connectivity index (χ3v) is 3.78. The molecule has 0 radical (unpaired) electrons. The number of piperidine rings is 1. The zero-order valence-corrected chi connectivity index (χ0v) is 11.8. The van der Waals surface area contributed by atoms with Gasteiger partial charge in [-0.15, -0.1) is 0 Å².